The summed E-state index contributed by atoms with van der Waals surface area (Å²) >= 11 is 0. The van der Waals surface area contributed by atoms with Crippen LogP contribution in [-0.2, 0) is 19.1 Å². The molecule has 0 aromatic rings. The summed E-state index contributed by atoms with van der Waals surface area (Å²) in [4.78, 5) is 24.6. The Labute approximate surface area is 180 Å². The number of esters is 2. The first-order chi connectivity index (χ1) is 14.1. The molecule has 0 bridgehead atoms. The maximum atomic E-state index is 12.9. The highest BCUT2D eigenvalue weighted by Gasteiger charge is 2.43. The summed E-state index contributed by atoms with van der Waals surface area (Å²) in [6, 6.07) is 0. The maximum Gasteiger partial charge on any atom is 0.311 e. The molecule has 3 unspecified atom stereocenters. The third-order valence-electron chi connectivity index (χ3n) is 7.35. The second-order valence-electron chi connectivity index (χ2n) is 10.3. The van der Waals surface area contributed by atoms with Gasteiger partial charge in [0.25, 0.3) is 0 Å². The Morgan fingerprint density at radius 2 is 2.00 bits per heavy atom. The molecule has 30 heavy (non-hydrogen) atoms. The van der Waals surface area contributed by atoms with E-state index in [1.807, 2.05) is 20.8 Å². The Morgan fingerprint density at radius 1 is 1.27 bits per heavy atom. The number of ether oxygens (including phenoxy) is 2. The average molecular weight is 419 g/mol. The lowest BCUT2D eigenvalue weighted by Crippen LogP contribution is -2.43. The standard InChI is InChI=1S/C25H38O5/c1-6-25(4,5)24(28)30-21-12-15(2)11-17-8-7-16(3)20(23(17)21)10-9-19-13-18(26)14-22(27)29-19/h7-8,11,15-16,18-21,23,26H,6,9-10,12-14H2,1-5H3/t15-,16?,18+,19+,20?,21?,23-/m0/s1. The van der Waals surface area contributed by atoms with Crippen LogP contribution in [0.5, 0.6) is 0 Å². The van der Waals surface area contributed by atoms with Crippen molar-refractivity contribution in [2.75, 3.05) is 0 Å². The molecule has 3 aliphatic rings. The number of cyclic esters (lactones) is 1. The van der Waals surface area contributed by atoms with Gasteiger partial charge in [0, 0.05) is 12.3 Å². The molecular formula is C25H38O5. The molecule has 1 N–H and O–H groups in total. The number of fused-ring (bicyclic) bond motifs is 1. The highest BCUT2D eigenvalue weighted by Crippen LogP contribution is 2.45. The number of carbonyl (C=O) groups is 2. The lowest BCUT2D eigenvalue weighted by molar-refractivity contribution is -0.166. The molecule has 0 saturated carbocycles. The second-order valence-corrected chi connectivity index (χ2v) is 10.3. The van der Waals surface area contributed by atoms with Crippen LogP contribution in [0.25, 0.3) is 0 Å². The monoisotopic (exact) mass is 418 g/mol. The number of hydrogen-bond acceptors (Lipinski definition) is 5. The van der Waals surface area contributed by atoms with E-state index >= 15 is 0 Å². The quantitative estimate of drug-likeness (QED) is 0.639. The Bertz CT molecular complexity index is 706. The van der Waals surface area contributed by atoms with Crippen LogP contribution in [0.15, 0.2) is 23.8 Å². The fourth-order valence-electron chi connectivity index (χ4n) is 5.08. The Balaban J connectivity index is 1.76. The smallest absolute Gasteiger partial charge is 0.311 e. The normalized spacial score (nSPS) is 36.5. The van der Waals surface area contributed by atoms with Gasteiger partial charge in [-0.25, -0.2) is 0 Å². The van der Waals surface area contributed by atoms with E-state index in [0.717, 1.165) is 25.7 Å². The van der Waals surface area contributed by atoms with Crippen LogP contribution in [0.2, 0.25) is 0 Å². The fourth-order valence-corrected chi connectivity index (χ4v) is 5.08. The fraction of sp³-hybridized carbons (Fsp3) is 0.760. The van der Waals surface area contributed by atoms with Gasteiger partial charge in [0.15, 0.2) is 0 Å². The molecule has 5 nitrogen and oxygen atoms in total. The van der Waals surface area contributed by atoms with Crippen molar-refractivity contribution < 1.29 is 24.2 Å². The van der Waals surface area contributed by atoms with Gasteiger partial charge < -0.3 is 14.6 Å². The van der Waals surface area contributed by atoms with E-state index in [1.165, 1.54) is 5.57 Å². The van der Waals surface area contributed by atoms with Crippen molar-refractivity contribution in [2.45, 2.75) is 91.5 Å². The molecule has 1 aliphatic heterocycles. The first kappa shape index (κ1) is 23.1. The van der Waals surface area contributed by atoms with E-state index in [2.05, 4.69) is 32.1 Å². The Morgan fingerprint density at radius 3 is 2.67 bits per heavy atom. The SMILES string of the molecule is CCC(C)(C)C(=O)OC1C[C@@H](C)C=C2C=CC(C)C(CC[C@@H]3C[C@@H](O)CC(=O)O3)[C@H]21. The Hall–Kier alpha value is -1.62. The number of aliphatic hydroxyl groups is 1. The van der Waals surface area contributed by atoms with Gasteiger partial charge in [-0.2, -0.15) is 0 Å². The Kier molecular flexibility index (Phi) is 7.11. The molecule has 1 saturated heterocycles. The summed E-state index contributed by atoms with van der Waals surface area (Å²) in [7, 11) is 0. The molecule has 0 spiro atoms. The van der Waals surface area contributed by atoms with Gasteiger partial charge in [0.1, 0.15) is 12.2 Å². The number of allylic oxidation sites excluding steroid dienone is 3. The van der Waals surface area contributed by atoms with E-state index in [4.69, 9.17) is 9.47 Å². The topological polar surface area (TPSA) is 72.8 Å². The van der Waals surface area contributed by atoms with E-state index in [1.54, 1.807) is 0 Å². The predicted octanol–water partition coefficient (Wildman–Crippen LogP) is 4.59. The molecule has 168 valence electrons. The number of aliphatic hydroxyl groups excluding tert-OH is 1. The second kappa shape index (κ2) is 9.25. The molecule has 2 aliphatic carbocycles. The van der Waals surface area contributed by atoms with Gasteiger partial charge in [0.2, 0.25) is 0 Å². The van der Waals surface area contributed by atoms with Crippen LogP contribution in [0.1, 0.15) is 73.1 Å². The molecule has 0 aromatic heterocycles. The van der Waals surface area contributed by atoms with Crippen LogP contribution in [0.3, 0.4) is 0 Å². The van der Waals surface area contributed by atoms with Crippen molar-refractivity contribution in [2.24, 2.45) is 29.1 Å². The van der Waals surface area contributed by atoms with Gasteiger partial charge in [0.05, 0.1) is 17.9 Å². The van der Waals surface area contributed by atoms with E-state index < -0.39 is 11.5 Å². The van der Waals surface area contributed by atoms with Gasteiger partial charge in [-0.15, -0.1) is 0 Å². The zero-order valence-electron chi connectivity index (χ0n) is 19.1. The van der Waals surface area contributed by atoms with Crippen LogP contribution >= 0.6 is 0 Å². The summed E-state index contributed by atoms with van der Waals surface area (Å²) in [5.74, 6) is 0.776. The van der Waals surface area contributed by atoms with Crippen LogP contribution < -0.4 is 0 Å². The van der Waals surface area contributed by atoms with E-state index in [-0.39, 0.29) is 36.5 Å². The van der Waals surface area contributed by atoms with E-state index in [0.29, 0.717) is 24.2 Å². The van der Waals surface area contributed by atoms with Crippen molar-refractivity contribution in [3.05, 3.63) is 23.8 Å². The molecule has 0 amide bonds. The molecule has 1 heterocycles. The van der Waals surface area contributed by atoms with Gasteiger partial charge in [-0.1, -0.05) is 39.0 Å². The molecule has 3 rings (SSSR count). The first-order valence-corrected chi connectivity index (χ1v) is 11.6. The van der Waals surface area contributed by atoms with Crippen molar-refractivity contribution in [3.8, 4) is 0 Å². The predicted molar refractivity (Wildman–Crippen MR) is 115 cm³/mol. The lowest BCUT2D eigenvalue weighted by Gasteiger charge is -2.44. The lowest BCUT2D eigenvalue weighted by atomic mass is 9.65. The number of rotatable bonds is 6. The van der Waals surface area contributed by atoms with Crippen molar-refractivity contribution in [1.82, 2.24) is 0 Å². The zero-order valence-corrected chi connectivity index (χ0v) is 19.1. The van der Waals surface area contributed by atoms with Crippen LogP contribution in [0, 0.1) is 29.1 Å². The minimum Gasteiger partial charge on any atom is -0.462 e. The molecule has 1 fully saturated rings. The maximum absolute atomic E-state index is 12.9. The highest BCUT2D eigenvalue weighted by atomic mass is 16.6. The van der Waals surface area contributed by atoms with Gasteiger partial charge in [-0.3, -0.25) is 9.59 Å². The summed E-state index contributed by atoms with van der Waals surface area (Å²) in [6.45, 7) is 10.3. The summed E-state index contributed by atoms with van der Waals surface area (Å²) in [5, 5.41) is 9.92. The molecule has 0 aromatic carbocycles. The minimum absolute atomic E-state index is 0.0949. The largest absolute Gasteiger partial charge is 0.462 e. The van der Waals surface area contributed by atoms with Crippen LogP contribution in [0.4, 0.5) is 0 Å². The first-order valence-electron chi connectivity index (χ1n) is 11.6. The van der Waals surface area contributed by atoms with Gasteiger partial charge in [-0.05, 0) is 62.9 Å². The van der Waals surface area contributed by atoms with Crippen LogP contribution in [-0.4, -0.2) is 35.4 Å². The zero-order chi connectivity index (χ0) is 22.1. The van der Waals surface area contributed by atoms with Crippen molar-refractivity contribution >= 4 is 11.9 Å². The number of carbonyl (C=O) groups excluding carboxylic acids is 2. The molecular weight excluding hydrogens is 380 g/mol. The highest BCUT2D eigenvalue weighted by molar-refractivity contribution is 5.76. The summed E-state index contributed by atoms with van der Waals surface area (Å²) in [5.41, 5.74) is 0.785. The average Bonchev–Trinajstić information content (AvgIpc) is 2.66. The third kappa shape index (κ3) is 5.16. The van der Waals surface area contributed by atoms with Crippen molar-refractivity contribution in [3.63, 3.8) is 0 Å². The third-order valence-corrected chi connectivity index (χ3v) is 7.35. The molecule has 7 atom stereocenters. The van der Waals surface area contributed by atoms with Gasteiger partial charge >= 0.3 is 11.9 Å². The summed E-state index contributed by atoms with van der Waals surface area (Å²) < 4.78 is 11.6. The van der Waals surface area contributed by atoms with Crippen molar-refractivity contribution in [1.29, 1.82) is 0 Å². The summed E-state index contributed by atoms with van der Waals surface area (Å²) in [6.07, 6.45) is 9.61. The molecule has 5 heteroatoms. The minimum atomic E-state index is -0.601. The number of hydrogen-bond donors (Lipinski definition) is 1. The molecule has 0 radical (unpaired) electrons. The van der Waals surface area contributed by atoms with E-state index in [9.17, 15) is 14.7 Å².